The van der Waals surface area contributed by atoms with Gasteiger partial charge < -0.3 is 5.32 Å². The summed E-state index contributed by atoms with van der Waals surface area (Å²) in [4.78, 5) is 0. The highest BCUT2D eigenvalue weighted by atomic mass is 19.1. The van der Waals surface area contributed by atoms with Crippen molar-refractivity contribution < 1.29 is 8.78 Å². The van der Waals surface area contributed by atoms with Crippen LogP contribution in [0.25, 0.3) is 0 Å². The largest absolute Gasteiger partial charge is 0.316 e. The summed E-state index contributed by atoms with van der Waals surface area (Å²) < 4.78 is 26.3. The zero-order chi connectivity index (χ0) is 13.0. The predicted octanol–water partition coefficient (Wildman–Crippen LogP) is 3.68. The van der Waals surface area contributed by atoms with Crippen molar-refractivity contribution in [2.45, 2.75) is 44.6 Å². The minimum atomic E-state index is -0.483. The third-order valence-electron chi connectivity index (χ3n) is 3.97. The van der Waals surface area contributed by atoms with E-state index in [2.05, 4.69) is 5.32 Å². The molecule has 1 N–H and O–H groups in total. The van der Waals surface area contributed by atoms with Crippen molar-refractivity contribution in [3.8, 4) is 0 Å². The van der Waals surface area contributed by atoms with Crippen LogP contribution in [0.2, 0.25) is 0 Å². The summed E-state index contributed by atoms with van der Waals surface area (Å²) in [5.41, 5.74) is 0.748. The van der Waals surface area contributed by atoms with E-state index in [9.17, 15) is 8.78 Å². The third kappa shape index (κ3) is 3.52. The second-order valence-corrected chi connectivity index (χ2v) is 5.28. The summed E-state index contributed by atoms with van der Waals surface area (Å²) in [6, 6.07) is 4.14. The Hall–Kier alpha value is -0.960. The van der Waals surface area contributed by atoms with Crippen molar-refractivity contribution in [3.63, 3.8) is 0 Å². The first-order valence-corrected chi connectivity index (χ1v) is 6.81. The Morgan fingerprint density at radius 2 is 1.72 bits per heavy atom. The van der Waals surface area contributed by atoms with Crippen LogP contribution in [0.4, 0.5) is 8.78 Å². The number of hydrogen-bond donors (Lipinski definition) is 1. The van der Waals surface area contributed by atoms with E-state index in [1.54, 1.807) is 0 Å². The summed E-state index contributed by atoms with van der Waals surface area (Å²) in [6.07, 6.45) is 7.03. The lowest BCUT2D eigenvalue weighted by atomic mass is 9.81. The third-order valence-corrected chi connectivity index (χ3v) is 3.97. The Morgan fingerprint density at radius 1 is 1.11 bits per heavy atom. The molecule has 0 amide bonds. The van der Waals surface area contributed by atoms with Gasteiger partial charge in [-0.25, -0.2) is 8.78 Å². The summed E-state index contributed by atoms with van der Waals surface area (Å²) in [5, 5.41) is 3.31. The van der Waals surface area contributed by atoms with Crippen LogP contribution in [0.5, 0.6) is 0 Å². The highest BCUT2D eigenvalue weighted by Crippen LogP contribution is 2.28. The van der Waals surface area contributed by atoms with Gasteiger partial charge in [0.2, 0.25) is 0 Å². The molecule has 0 aliphatic heterocycles. The number of rotatable bonds is 4. The lowest BCUT2D eigenvalue weighted by Gasteiger charge is -2.30. The van der Waals surface area contributed by atoms with Crippen LogP contribution < -0.4 is 5.32 Å². The Balaban J connectivity index is 2.04. The fourth-order valence-electron chi connectivity index (χ4n) is 3.02. The van der Waals surface area contributed by atoms with E-state index in [4.69, 9.17) is 0 Å². The van der Waals surface area contributed by atoms with Crippen molar-refractivity contribution in [1.82, 2.24) is 5.32 Å². The topological polar surface area (TPSA) is 12.0 Å². The van der Waals surface area contributed by atoms with E-state index in [0.717, 1.165) is 11.6 Å². The molecule has 0 saturated heterocycles. The first-order chi connectivity index (χ1) is 8.69. The summed E-state index contributed by atoms with van der Waals surface area (Å²) in [7, 11) is 1.94. The molecule has 1 aromatic carbocycles. The van der Waals surface area contributed by atoms with E-state index in [1.807, 2.05) is 7.05 Å². The molecule has 1 aliphatic rings. The summed E-state index contributed by atoms with van der Waals surface area (Å²) in [6.45, 7) is 0. The molecule has 1 aromatic rings. The van der Waals surface area contributed by atoms with Gasteiger partial charge in [-0.15, -0.1) is 0 Å². The molecule has 0 aromatic heterocycles. The number of halogens is 2. The van der Waals surface area contributed by atoms with Crippen LogP contribution in [0.15, 0.2) is 18.2 Å². The van der Waals surface area contributed by atoms with Gasteiger partial charge in [-0.1, -0.05) is 19.3 Å². The van der Waals surface area contributed by atoms with Crippen LogP contribution in [0, 0.1) is 17.6 Å². The lowest BCUT2D eigenvalue weighted by molar-refractivity contribution is 0.276. The SMILES string of the molecule is CNC(Cc1cc(F)cc(F)c1)C1CCCCC1. The molecule has 1 aliphatic carbocycles. The van der Waals surface area contributed by atoms with E-state index < -0.39 is 11.6 Å². The quantitative estimate of drug-likeness (QED) is 0.863. The maximum absolute atomic E-state index is 13.2. The van der Waals surface area contributed by atoms with Gasteiger partial charge in [0.25, 0.3) is 0 Å². The van der Waals surface area contributed by atoms with Gasteiger partial charge in [0.1, 0.15) is 11.6 Å². The average Bonchev–Trinajstić information content (AvgIpc) is 2.36. The Labute approximate surface area is 108 Å². The molecular formula is C15H21F2N. The molecule has 18 heavy (non-hydrogen) atoms. The zero-order valence-corrected chi connectivity index (χ0v) is 10.9. The zero-order valence-electron chi connectivity index (χ0n) is 10.9. The molecule has 1 nitrogen and oxygen atoms in total. The normalized spacial score (nSPS) is 18.8. The number of hydrogen-bond acceptors (Lipinski definition) is 1. The molecule has 1 atom stereocenters. The second kappa shape index (κ2) is 6.28. The van der Waals surface area contributed by atoms with Crippen LogP contribution in [0.1, 0.15) is 37.7 Å². The Bertz CT molecular complexity index is 366. The standard InChI is InChI=1S/C15H21F2N/c1-18-15(12-5-3-2-4-6-12)9-11-7-13(16)10-14(17)8-11/h7-8,10,12,15,18H,2-6,9H2,1H3. The van der Waals surface area contributed by atoms with Gasteiger partial charge in [0.15, 0.2) is 0 Å². The highest BCUT2D eigenvalue weighted by molar-refractivity contribution is 5.19. The molecule has 0 radical (unpaired) electrons. The number of likely N-dealkylation sites (N-methyl/N-ethyl adjacent to an activating group) is 1. The molecule has 3 heteroatoms. The smallest absolute Gasteiger partial charge is 0.126 e. The van der Waals surface area contributed by atoms with Crippen LogP contribution >= 0.6 is 0 Å². The fraction of sp³-hybridized carbons (Fsp3) is 0.600. The van der Waals surface area contributed by atoms with Gasteiger partial charge in [0.05, 0.1) is 0 Å². The monoisotopic (exact) mass is 253 g/mol. The molecule has 0 spiro atoms. The average molecular weight is 253 g/mol. The van der Waals surface area contributed by atoms with Crippen molar-refractivity contribution in [1.29, 1.82) is 0 Å². The molecule has 2 rings (SSSR count). The lowest BCUT2D eigenvalue weighted by Crippen LogP contribution is -2.36. The molecule has 0 heterocycles. The molecular weight excluding hydrogens is 232 g/mol. The van der Waals surface area contributed by atoms with Gasteiger partial charge >= 0.3 is 0 Å². The van der Waals surface area contributed by atoms with Crippen LogP contribution in [-0.2, 0) is 6.42 Å². The van der Waals surface area contributed by atoms with E-state index in [1.165, 1.54) is 44.2 Å². The number of benzene rings is 1. The molecule has 0 bridgehead atoms. The fourth-order valence-corrected chi connectivity index (χ4v) is 3.02. The van der Waals surface area contributed by atoms with Crippen molar-refractivity contribution >= 4 is 0 Å². The molecule has 1 fully saturated rings. The second-order valence-electron chi connectivity index (χ2n) is 5.28. The van der Waals surface area contributed by atoms with Gasteiger partial charge in [-0.3, -0.25) is 0 Å². The highest BCUT2D eigenvalue weighted by Gasteiger charge is 2.22. The predicted molar refractivity (Wildman–Crippen MR) is 69.5 cm³/mol. The summed E-state index contributed by atoms with van der Waals surface area (Å²) >= 11 is 0. The van der Waals surface area contributed by atoms with Gasteiger partial charge in [-0.2, -0.15) is 0 Å². The van der Waals surface area contributed by atoms with Crippen LogP contribution in [-0.4, -0.2) is 13.1 Å². The maximum Gasteiger partial charge on any atom is 0.126 e. The molecule has 100 valence electrons. The van der Waals surface area contributed by atoms with E-state index >= 15 is 0 Å². The van der Waals surface area contributed by atoms with E-state index in [0.29, 0.717) is 18.4 Å². The first-order valence-electron chi connectivity index (χ1n) is 6.81. The molecule has 1 unspecified atom stereocenters. The number of nitrogens with one attached hydrogen (secondary N) is 1. The first kappa shape index (κ1) is 13.5. The summed E-state index contributed by atoms with van der Waals surface area (Å²) in [5.74, 6) is -0.331. The maximum atomic E-state index is 13.2. The van der Waals surface area contributed by atoms with Crippen molar-refractivity contribution in [3.05, 3.63) is 35.4 Å². The van der Waals surface area contributed by atoms with Gasteiger partial charge in [0, 0.05) is 12.1 Å². The minimum absolute atomic E-state index is 0.325. The van der Waals surface area contributed by atoms with Gasteiger partial charge in [-0.05, 0) is 49.9 Å². The van der Waals surface area contributed by atoms with Crippen molar-refractivity contribution in [2.75, 3.05) is 7.05 Å². The minimum Gasteiger partial charge on any atom is -0.316 e. The van der Waals surface area contributed by atoms with E-state index in [-0.39, 0.29) is 0 Å². The van der Waals surface area contributed by atoms with Crippen LogP contribution in [0.3, 0.4) is 0 Å². The van der Waals surface area contributed by atoms with Crippen molar-refractivity contribution in [2.24, 2.45) is 5.92 Å². The Kier molecular flexibility index (Phi) is 4.70. The molecule has 1 saturated carbocycles. The Morgan fingerprint density at radius 3 is 2.28 bits per heavy atom.